The van der Waals surface area contributed by atoms with Crippen molar-refractivity contribution in [1.29, 1.82) is 0 Å². The molecule has 1 fully saturated rings. The van der Waals surface area contributed by atoms with E-state index in [1.807, 2.05) is 0 Å². The Hall–Kier alpha value is -1.13. The van der Waals surface area contributed by atoms with Gasteiger partial charge in [-0.05, 0) is 31.4 Å². The van der Waals surface area contributed by atoms with Gasteiger partial charge >= 0.3 is 0 Å². The molecule has 6 heteroatoms. The lowest BCUT2D eigenvalue weighted by molar-refractivity contribution is -0.119. The quantitative estimate of drug-likeness (QED) is 0.879. The zero-order valence-electron chi connectivity index (χ0n) is 9.70. The van der Waals surface area contributed by atoms with Crippen molar-refractivity contribution in [2.24, 2.45) is 5.73 Å². The predicted molar refractivity (Wildman–Crippen MR) is 72.3 cm³/mol. The largest absolute Gasteiger partial charge is 0.506 e. The maximum atomic E-state index is 11.5. The molecular formula is C12H14Cl2N2O2. The molecule has 1 aliphatic heterocycles. The van der Waals surface area contributed by atoms with Crippen LogP contribution in [0.4, 0.5) is 5.69 Å². The van der Waals surface area contributed by atoms with Crippen molar-refractivity contribution < 1.29 is 9.90 Å². The summed E-state index contributed by atoms with van der Waals surface area (Å²) in [7, 11) is 0. The first-order chi connectivity index (χ1) is 8.52. The number of nitrogens with zero attached hydrogens (tertiary/aromatic N) is 1. The van der Waals surface area contributed by atoms with Crippen LogP contribution >= 0.6 is 23.2 Å². The number of aromatic hydroxyl groups is 1. The fourth-order valence-electron chi connectivity index (χ4n) is 2.30. The molecule has 1 unspecified atom stereocenters. The summed E-state index contributed by atoms with van der Waals surface area (Å²) in [5.74, 6) is -0.400. The first-order valence-corrected chi connectivity index (χ1v) is 6.51. The molecule has 98 valence electrons. The summed E-state index contributed by atoms with van der Waals surface area (Å²) in [5, 5.41) is 10.5. The third kappa shape index (κ3) is 2.35. The van der Waals surface area contributed by atoms with Crippen LogP contribution in [-0.2, 0) is 4.79 Å². The molecule has 1 aliphatic rings. The summed E-state index contributed by atoms with van der Waals surface area (Å²) in [6, 6.07) is 2.54. The van der Waals surface area contributed by atoms with Gasteiger partial charge in [0.15, 0.2) is 0 Å². The molecule has 1 aromatic carbocycles. The SMILES string of the molecule is NC(=O)C1CCCCN1c1c(O)ccc(Cl)c1Cl. The number of carbonyl (C=O) groups is 1. The number of halogens is 2. The second-order valence-corrected chi connectivity index (χ2v) is 5.12. The van der Waals surface area contributed by atoms with E-state index < -0.39 is 11.9 Å². The molecule has 0 aliphatic carbocycles. The van der Waals surface area contributed by atoms with Gasteiger partial charge in [-0.2, -0.15) is 0 Å². The highest BCUT2D eigenvalue weighted by Gasteiger charge is 2.30. The van der Waals surface area contributed by atoms with Gasteiger partial charge in [0.2, 0.25) is 5.91 Å². The van der Waals surface area contributed by atoms with Crippen molar-refractivity contribution in [3.05, 3.63) is 22.2 Å². The van der Waals surface area contributed by atoms with Crippen molar-refractivity contribution in [2.75, 3.05) is 11.4 Å². The Bertz CT molecular complexity index is 479. The lowest BCUT2D eigenvalue weighted by Gasteiger charge is -2.36. The first kappa shape index (κ1) is 13.3. The number of phenolic OH excluding ortho intramolecular Hbond substituents is 1. The molecule has 0 spiro atoms. The molecule has 1 saturated heterocycles. The third-order valence-corrected chi connectivity index (χ3v) is 3.96. The minimum absolute atomic E-state index is 0.0116. The van der Waals surface area contributed by atoms with E-state index in [0.29, 0.717) is 23.7 Å². The number of anilines is 1. The number of hydrogen-bond donors (Lipinski definition) is 2. The summed E-state index contributed by atoms with van der Waals surface area (Å²) in [6.45, 7) is 0.626. The van der Waals surface area contributed by atoms with Crippen molar-refractivity contribution in [3.63, 3.8) is 0 Å². The van der Waals surface area contributed by atoms with E-state index in [0.717, 1.165) is 12.8 Å². The van der Waals surface area contributed by atoms with Gasteiger partial charge in [0.1, 0.15) is 17.5 Å². The number of phenols is 1. The molecule has 0 saturated carbocycles. The second kappa shape index (κ2) is 5.24. The summed E-state index contributed by atoms with van der Waals surface area (Å²) in [4.78, 5) is 13.2. The second-order valence-electron chi connectivity index (χ2n) is 4.34. The van der Waals surface area contributed by atoms with Crippen LogP contribution in [0.15, 0.2) is 12.1 Å². The Morgan fingerprint density at radius 1 is 1.39 bits per heavy atom. The number of nitrogens with two attached hydrogens (primary N) is 1. The lowest BCUT2D eigenvalue weighted by Crippen LogP contribution is -2.48. The Morgan fingerprint density at radius 3 is 2.78 bits per heavy atom. The topological polar surface area (TPSA) is 66.6 Å². The number of benzene rings is 1. The summed E-state index contributed by atoms with van der Waals surface area (Å²) < 4.78 is 0. The highest BCUT2D eigenvalue weighted by molar-refractivity contribution is 6.44. The predicted octanol–water partition coefficient (Wildman–Crippen LogP) is 2.54. The fraction of sp³-hybridized carbons (Fsp3) is 0.417. The number of hydrogen-bond acceptors (Lipinski definition) is 3. The number of carbonyl (C=O) groups excluding carboxylic acids is 1. The van der Waals surface area contributed by atoms with Gasteiger partial charge in [-0.1, -0.05) is 23.2 Å². The van der Waals surface area contributed by atoms with Crippen molar-refractivity contribution in [3.8, 4) is 5.75 Å². The number of amides is 1. The van der Waals surface area contributed by atoms with Gasteiger partial charge in [-0.3, -0.25) is 4.79 Å². The molecule has 2 rings (SSSR count). The van der Waals surface area contributed by atoms with Gasteiger partial charge in [-0.15, -0.1) is 0 Å². The van der Waals surface area contributed by atoms with Crippen LogP contribution in [0.2, 0.25) is 10.0 Å². The monoisotopic (exact) mass is 288 g/mol. The van der Waals surface area contributed by atoms with Gasteiger partial charge in [-0.25, -0.2) is 0 Å². The van der Waals surface area contributed by atoms with E-state index in [1.54, 1.807) is 4.90 Å². The van der Waals surface area contributed by atoms with Crippen LogP contribution in [0.5, 0.6) is 5.75 Å². The Labute approximate surface area is 115 Å². The molecule has 0 bridgehead atoms. The molecule has 0 radical (unpaired) electrons. The maximum Gasteiger partial charge on any atom is 0.240 e. The van der Waals surface area contributed by atoms with Crippen LogP contribution < -0.4 is 10.6 Å². The molecule has 4 nitrogen and oxygen atoms in total. The molecule has 1 atom stereocenters. The zero-order chi connectivity index (χ0) is 13.3. The van der Waals surface area contributed by atoms with Gasteiger partial charge in [0.05, 0.1) is 10.0 Å². The van der Waals surface area contributed by atoms with Crippen LogP contribution in [0.1, 0.15) is 19.3 Å². The van der Waals surface area contributed by atoms with Crippen LogP contribution in [0, 0.1) is 0 Å². The average molecular weight is 289 g/mol. The number of primary amides is 1. The summed E-state index contributed by atoms with van der Waals surface area (Å²) in [6.07, 6.45) is 2.52. The Balaban J connectivity index is 2.46. The number of rotatable bonds is 2. The smallest absolute Gasteiger partial charge is 0.240 e. The molecule has 1 heterocycles. The van der Waals surface area contributed by atoms with Gasteiger partial charge in [0.25, 0.3) is 0 Å². The van der Waals surface area contributed by atoms with Crippen molar-refractivity contribution in [1.82, 2.24) is 0 Å². The Kier molecular flexibility index (Phi) is 3.88. The van der Waals surface area contributed by atoms with E-state index in [2.05, 4.69) is 0 Å². The summed E-state index contributed by atoms with van der Waals surface area (Å²) >= 11 is 12.1. The highest BCUT2D eigenvalue weighted by Crippen LogP contribution is 2.42. The zero-order valence-corrected chi connectivity index (χ0v) is 11.2. The highest BCUT2D eigenvalue weighted by atomic mass is 35.5. The molecule has 3 N–H and O–H groups in total. The minimum atomic E-state index is -0.444. The van der Waals surface area contributed by atoms with Crippen molar-refractivity contribution in [2.45, 2.75) is 25.3 Å². The van der Waals surface area contributed by atoms with Gasteiger partial charge < -0.3 is 15.7 Å². The fourth-order valence-corrected chi connectivity index (χ4v) is 2.72. The third-order valence-electron chi connectivity index (χ3n) is 3.17. The number of piperidine rings is 1. The standard InChI is InChI=1S/C12H14Cl2N2O2/c13-7-4-5-9(17)11(10(7)14)16-6-2-1-3-8(16)12(15)18/h4-5,8,17H,1-3,6H2,(H2,15,18). The first-order valence-electron chi connectivity index (χ1n) is 5.75. The molecule has 0 aromatic heterocycles. The summed E-state index contributed by atoms with van der Waals surface area (Å²) in [5.41, 5.74) is 5.79. The van der Waals surface area contributed by atoms with E-state index in [1.165, 1.54) is 12.1 Å². The van der Waals surface area contributed by atoms with Crippen LogP contribution in [-0.4, -0.2) is 23.6 Å². The molecule has 1 aromatic rings. The Morgan fingerprint density at radius 2 is 2.11 bits per heavy atom. The molecule has 18 heavy (non-hydrogen) atoms. The average Bonchev–Trinajstić information content (AvgIpc) is 2.35. The minimum Gasteiger partial charge on any atom is -0.506 e. The molecular weight excluding hydrogens is 275 g/mol. The van der Waals surface area contributed by atoms with E-state index in [-0.39, 0.29) is 10.8 Å². The van der Waals surface area contributed by atoms with Crippen LogP contribution in [0.25, 0.3) is 0 Å². The van der Waals surface area contributed by atoms with E-state index >= 15 is 0 Å². The van der Waals surface area contributed by atoms with Crippen molar-refractivity contribution >= 4 is 34.8 Å². The maximum absolute atomic E-state index is 11.5. The van der Waals surface area contributed by atoms with Gasteiger partial charge in [0, 0.05) is 6.54 Å². The molecule has 1 amide bonds. The normalized spacial score (nSPS) is 19.9. The van der Waals surface area contributed by atoms with E-state index in [9.17, 15) is 9.90 Å². The van der Waals surface area contributed by atoms with Crippen LogP contribution in [0.3, 0.4) is 0 Å². The van der Waals surface area contributed by atoms with E-state index in [4.69, 9.17) is 28.9 Å². The lowest BCUT2D eigenvalue weighted by atomic mass is 10.0.